The largest absolute Gasteiger partial charge is 0.497 e. The van der Waals surface area contributed by atoms with Crippen molar-refractivity contribution in [2.24, 2.45) is 0 Å². The van der Waals surface area contributed by atoms with Gasteiger partial charge in [-0.3, -0.25) is 4.79 Å². The number of hydrogen-bond donors (Lipinski definition) is 0. The second-order valence-electron chi connectivity index (χ2n) is 5.99. The fourth-order valence-electron chi connectivity index (χ4n) is 3.02. The Kier molecular flexibility index (Phi) is 4.01. The van der Waals surface area contributed by atoms with Crippen molar-refractivity contribution in [2.45, 2.75) is 19.3 Å². The summed E-state index contributed by atoms with van der Waals surface area (Å²) < 4.78 is 10.6. The van der Waals surface area contributed by atoms with Gasteiger partial charge in [-0.05, 0) is 30.0 Å². The van der Waals surface area contributed by atoms with E-state index >= 15 is 0 Å². The molecule has 0 saturated carbocycles. The highest BCUT2D eigenvalue weighted by atomic mass is 32.1. The second kappa shape index (κ2) is 6.33. The molecule has 3 heterocycles. The number of nitrogens with zero attached hydrogens (tertiary/aromatic N) is 3. The van der Waals surface area contributed by atoms with Crippen LogP contribution in [-0.2, 0) is 4.79 Å². The molecule has 1 aromatic carbocycles. The Balaban J connectivity index is 1.59. The number of amides is 1. The zero-order chi connectivity index (χ0) is 17.4. The van der Waals surface area contributed by atoms with Gasteiger partial charge < -0.3 is 14.2 Å². The number of benzene rings is 1. The van der Waals surface area contributed by atoms with Crippen LogP contribution >= 0.6 is 11.3 Å². The van der Waals surface area contributed by atoms with Crippen molar-refractivity contribution in [3.05, 3.63) is 47.1 Å². The molecular formula is C18H17N3O3S. The van der Waals surface area contributed by atoms with Crippen LogP contribution in [0.4, 0.5) is 5.69 Å². The number of carbonyl (C=O) groups is 1. The van der Waals surface area contributed by atoms with E-state index < -0.39 is 0 Å². The quantitative estimate of drug-likeness (QED) is 0.715. The van der Waals surface area contributed by atoms with Crippen molar-refractivity contribution in [2.75, 3.05) is 18.6 Å². The minimum atomic E-state index is -0.0736. The van der Waals surface area contributed by atoms with Gasteiger partial charge in [0.1, 0.15) is 5.75 Å². The van der Waals surface area contributed by atoms with Crippen LogP contribution in [0, 0.1) is 6.92 Å². The minimum Gasteiger partial charge on any atom is -0.497 e. The van der Waals surface area contributed by atoms with Crippen molar-refractivity contribution in [3.8, 4) is 16.5 Å². The SMILES string of the molecule is COc1ccc(C)c(N2CC(c3noc(-c4cccs4)n3)CC2=O)c1. The summed E-state index contributed by atoms with van der Waals surface area (Å²) in [5, 5.41) is 6.05. The van der Waals surface area contributed by atoms with Gasteiger partial charge in [-0.2, -0.15) is 4.98 Å². The fourth-order valence-corrected chi connectivity index (χ4v) is 3.67. The number of aryl methyl sites for hydroxylation is 1. The predicted molar refractivity (Wildman–Crippen MR) is 95.1 cm³/mol. The summed E-state index contributed by atoms with van der Waals surface area (Å²) in [6.07, 6.45) is 0.375. The molecule has 0 aliphatic carbocycles. The molecule has 1 amide bonds. The molecular weight excluding hydrogens is 338 g/mol. The maximum absolute atomic E-state index is 12.5. The third-order valence-corrected chi connectivity index (χ3v) is 5.23. The Bertz CT molecular complexity index is 904. The molecule has 0 bridgehead atoms. The lowest BCUT2D eigenvalue weighted by Crippen LogP contribution is -2.25. The number of methoxy groups -OCH3 is 1. The highest BCUT2D eigenvalue weighted by Gasteiger charge is 2.35. The molecule has 0 N–H and O–H groups in total. The summed E-state index contributed by atoms with van der Waals surface area (Å²) in [7, 11) is 1.62. The molecule has 3 aromatic rings. The zero-order valence-corrected chi connectivity index (χ0v) is 14.7. The average Bonchev–Trinajstić information content (AvgIpc) is 3.35. The molecule has 25 heavy (non-hydrogen) atoms. The standard InChI is InChI=1S/C18H17N3O3S/c1-11-5-6-13(23-2)9-14(11)21-10-12(8-16(21)22)17-19-18(24-20-17)15-4-3-7-25-15/h3-7,9,12H,8,10H2,1-2H3. The summed E-state index contributed by atoms with van der Waals surface area (Å²) in [6, 6.07) is 9.62. The fraction of sp³-hybridized carbons (Fsp3) is 0.278. The van der Waals surface area contributed by atoms with Crippen molar-refractivity contribution < 1.29 is 14.1 Å². The molecule has 1 unspecified atom stereocenters. The van der Waals surface area contributed by atoms with E-state index in [0.717, 1.165) is 21.9 Å². The Morgan fingerprint density at radius 3 is 3.00 bits per heavy atom. The van der Waals surface area contributed by atoms with Gasteiger partial charge in [0.2, 0.25) is 5.91 Å². The summed E-state index contributed by atoms with van der Waals surface area (Å²) in [5.41, 5.74) is 1.90. The first kappa shape index (κ1) is 15.8. The van der Waals surface area contributed by atoms with Crippen LogP contribution in [0.5, 0.6) is 5.75 Å². The number of aromatic nitrogens is 2. The number of thiophene rings is 1. The second-order valence-corrected chi connectivity index (χ2v) is 6.94. The Morgan fingerprint density at radius 2 is 2.24 bits per heavy atom. The maximum Gasteiger partial charge on any atom is 0.267 e. The normalized spacial score (nSPS) is 17.3. The smallest absolute Gasteiger partial charge is 0.267 e. The lowest BCUT2D eigenvalue weighted by Gasteiger charge is -2.19. The Labute approximate surface area is 149 Å². The van der Waals surface area contributed by atoms with Crippen molar-refractivity contribution in [1.29, 1.82) is 0 Å². The van der Waals surface area contributed by atoms with E-state index in [-0.39, 0.29) is 11.8 Å². The van der Waals surface area contributed by atoms with Crippen LogP contribution in [0.15, 0.2) is 40.2 Å². The van der Waals surface area contributed by atoms with Gasteiger partial charge in [0.05, 0.1) is 17.7 Å². The van der Waals surface area contributed by atoms with Crippen LogP contribution in [0.1, 0.15) is 23.7 Å². The molecule has 0 spiro atoms. The monoisotopic (exact) mass is 355 g/mol. The van der Waals surface area contributed by atoms with Gasteiger partial charge in [-0.25, -0.2) is 0 Å². The van der Waals surface area contributed by atoms with Gasteiger partial charge in [0.15, 0.2) is 5.82 Å². The topological polar surface area (TPSA) is 68.5 Å². The van der Waals surface area contributed by atoms with E-state index in [1.54, 1.807) is 23.3 Å². The number of anilines is 1. The van der Waals surface area contributed by atoms with E-state index in [9.17, 15) is 4.79 Å². The molecule has 1 aliphatic rings. The average molecular weight is 355 g/mol. The molecule has 4 rings (SSSR count). The molecule has 128 valence electrons. The van der Waals surface area contributed by atoms with Crippen LogP contribution in [0.3, 0.4) is 0 Å². The third kappa shape index (κ3) is 2.91. The van der Waals surface area contributed by atoms with E-state index in [1.165, 1.54) is 0 Å². The minimum absolute atomic E-state index is 0.0591. The Morgan fingerprint density at radius 1 is 1.36 bits per heavy atom. The third-order valence-electron chi connectivity index (χ3n) is 4.37. The van der Waals surface area contributed by atoms with E-state index in [1.807, 2.05) is 42.6 Å². The van der Waals surface area contributed by atoms with Crippen LogP contribution in [0.2, 0.25) is 0 Å². The number of carbonyl (C=O) groups excluding carboxylic acids is 1. The molecule has 0 radical (unpaired) electrons. The molecule has 6 nitrogen and oxygen atoms in total. The summed E-state index contributed by atoms with van der Waals surface area (Å²) in [4.78, 5) is 19.7. The van der Waals surface area contributed by atoms with Gasteiger partial charge in [-0.1, -0.05) is 17.3 Å². The Hall–Kier alpha value is -2.67. The van der Waals surface area contributed by atoms with Gasteiger partial charge in [-0.15, -0.1) is 11.3 Å². The summed E-state index contributed by atoms with van der Waals surface area (Å²) in [6.45, 7) is 2.52. The van der Waals surface area contributed by atoms with Gasteiger partial charge in [0.25, 0.3) is 5.89 Å². The highest BCUT2D eigenvalue weighted by Crippen LogP contribution is 2.35. The lowest BCUT2D eigenvalue weighted by atomic mass is 10.1. The van der Waals surface area contributed by atoms with Crippen molar-refractivity contribution in [1.82, 2.24) is 10.1 Å². The van der Waals surface area contributed by atoms with Gasteiger partial charge >= 0.3 is 0 Å². The molecule has 2 aromatic heterocycles. The lowest BCUT2D eigenvalue weighted by molar-refractivity contribution is -0.117. The first-order chi connectivity index (χ1) is 12.2. The first-order valence-electron chi connectivity index (χ1n) is 7.98. The van der Waals surface area contributed by atoms with E-state index in [0.29, 0.717) is 24.7 Å². The molecule has 7 heteroatoms. The maximum atomic E-state index is 12.5. The molecule has 1 aliphatic heterocycles. The predicted octanol–water partition coefficient (Wildman–Crippen LogP) is 3.64. The van der Waals surface area contributed by atoms with Crippen molar-refractivity contribution in [3.63, 3.8) is 0 Å². The van der Waals surface area contributed by atoms with E-state index in [2.05, 4.69) is 10.1 Å². The molecule has 1 atom stereocenters. The van der Waals surface area contributed by atoms with Gasteiger partial charge in [0, 0.05) is 24.9 Å². The van der Waals surface area contributed by atoms with Crippen LogP contribution in [0.25, 0.3) is 10.8 Å². The number of ether oxygens (including phenoxy) is 1. The zero-order valence-electron chi connectivity index (χ0n) is 13.9. The number of hydrogen-bond acceptors (Lipinski definition) is 6. The summed E-state index contributed by atoms with van der Waals surface area (Å²) in [5.74, 6) is 1.81. The van der Waals surface area contributed by atoms with Crippen LogP contribution in [-0.4, -0.2) is 29.7 Å². The highest BCUT2D eigenvalue weighted by molar-refractivity contribution is 7.13. The molecule has 1 fully saturated rings. The van der Waals surface area contributed by atoms with E-state index in [4.69, 9.17) is 9.26 Å². The van der Waals surface area contributed by atoms with Crippen molar-refractivity contribution >= 4 is 22.9 Å². The first-order valence-corrected chi connectivity index (χ1v) is 8.86. The summed E-state index contributed by atoms with van der Waals surface area (Å²) >= 11 is 1.55. The molecule has 1 saturated heterocycles. The van der Waals surface area contributed by atoms with Crippen LogP contribution < -0.4 is 9.64 Å². The number of rotatable bonds is 4.